The number of carbonyl (C=O) groups excluding carboxylic acids is 3. The van der Waals surface area contributed by atoms with Crippen molar-refractivity contribution in [2.45, 2.75) is 77.1 Å². The van der Waals surface area contributed by atoms with Gasteiger partial charge in [0.2, 0.25) is 0 Å². The van der Waals surface area contributed by atoms with Crippen molar-refractivity contribution in [2.24, 2.45) is 5.41 Å². The van der Waals surface area contributed by atoms with Gasteiger partial charge in [0.25, 0.3) is 0 Å². The Bertz CT molecular complexity index is 2130. The van der Waals surface area contributed by atoms with E-state index in [1.807, 2.05) is 54.6 Å². The van der Waals surface area contributed by atoms with E-state index in [9.17, 15) is 23.7 Å². The molecule has 4 aromatic rings. The summed E-state index contributed by atoms with van der Waals surface area (Å²) in [6, 6.07) is 31.2. The van der Waals surface area contributed by atoms with Gasteiger partial charge in [0, 0.05) is 19.0 Å². The molecule has 1 fully saturated rings. The third kappa shape index (κ3) is 11.1. The minimum absolute atomic E-state index is 0.159. The number of benzene rings is 4. The minimum Gasteiger partial charge on any atom is -0.480 e. The number of hydrogen-bond acceptors (Lipinski definition) is 11. The Labute approximate surface area is 343 Å². The summed E-state index contributed by atoms with van der Waals surface area (Å²) < 4.78 is 49.3. The molecule has 4 aromatic carbocycles. The summed E-state index contributed by atoms with van der Waals surface area (Å²) in [5, 5.41) is 13.8. The molecule has 312 valence electrons. The highest BCUT2D eigenvalue weighted by atomic mass is 31.2. The summed E-state index contributed by atoms with van der Waals surface area (Å²) in [4.78, 5) is 49.3. The zero-order valence-electron chi connectivity index (χ0n) is 33.5. The lowest BCUT2D eigenvalue weighted by molar-refractivity contribution is -0.158. The Hall–Kier alpha value is -5.69. The van der Waals surface area contributed by atoms with Crippen LogP contribution in [0.4, 0.5) is 9.59 Å². The van der Waals surface area contributed by atoms with Crippen LogP contribution in [-0.2, 0) is 50.7 Å². The van der Waals surface area contributed by atoms with Crippen LogP contribution in [0.1, 0.15) is 55.9 Å². The van der Waals surface area contributed by atoms with Crippen LogP contribution in [0.5, 0.6) is 5.75 Å². The molecule has 1 heterocycles. The van der Waals surface area contributed by atoms with Crippen molar-refractivity contribution in [3.63, 3.8) is 0 Å². The van der Waals surface area contributed by atoms with Gasteiger partial charge in [-0.15, -0.1) is 0 Å². The van der Waals surface area contributed by atoms with E-state index in [0.29, 0.717) is 12.0 Å². The fourth-order valence-electron chi connectivity index (χ4n) is 7.18. The van der Waals surface area contributed by atoms with Crippen LogP contribution in [0.15, 0.2) is 103 Å². The fraction of sp³-hybridized carbons (Fsp3) is 0.364. The zero-order valence-corrected chi connectivity index (χ0v) is 34.4. The standard InChI is InChI=1S/C44H49N2O12P/c1-27-39(46-43(51)56-35(23-28-13-7-6-8-14-28)38-33-17-11-9-15-31(33)32-16-10-12-18-34(32)38)40(36(55-27)26-53-41(49)44(2,3)4)58-59(5,52)57-30-21-19-29(20-22-30)25-54-42(50)45-24-37(47)48/h6-22,27,35-36,38-40H,23-26H2,1-5H3,(H,45,50)(H,46,51)(H,47,48)/t27-,35?,36+,39?,40?,59?/m0/s1. The Morgan fingerprint density at radius 3 is 2.03 bits per heavy atom. The lowest BCUT2D eigenvalue weighted by Crippen LogP contribution is -2.49. The maximum atomic E-state index is 14.1. The molecule has 6 rings (SSSR count). The van der Waals surface area contributed by atoms with E-state index in [0.717, 1.165) is 27.8 Å². The monoisotopic (exact) mass is 828 g/mol. The van der Waals surface area contributed by atoms with Crippen molar-refractivity contribution >= 4 is 31.7 Å². The third-order valence-electron chi connectivity index (χ3n) is 9.94. The highest BCUT2D eigenvalue weighted by molar-refractivity contribution is 7.53. The van der Waals surface area contributed by atoms with Gasteiger partial charge in [-0.3, -0.25) is 14.1 Å². The number of esters is 1. The lowest BCUT2D eigenvalue weighted by Gasteiger charge is -2.30. The maximum Gasteiger partial charge on any atom is 0.407 e. The van der Waals surface area contributed by atoms with Crippen LogP contribution in [0, 0.1) is 5.41 Å². The van der Waals surface area contributed by atoms with E-state index in [1.165, 1.54) is 18.8 Å². The second kappa shape index (κ2) is 18.5. The van der Waals surface area contributed by atoms with Crippen LogP contribution >= 0.6 is 7.60 Å². The molecule has 0 spiro atoms. The molecule has 0 aromatic heterocycles. The topological polar surface area (TPSA) is 185 Å². The summed E-state index contributed by atoms with van der Waals surface area (Å²) >= 11 is 0. The van der Waals surface area contributed by atoms with Crippen LogP contribution < -0.4 is 15.2 Å². The van der Waals surface area contributed by atoms with Crippen molar-refractivity contribution in [1.29, 1.82) is 0 Å². The van der Waals surface area contributed by atoms with E-state index < -0.39 is 74.1 Å². The number of carbonyl (C=O) groups is 4. The first-order valence-electron chi connectivity index (χ1n) is 19.3. The van der Waals surface area contributed by atoms with Gasteiger partial charge in [-0.05, 0) is 73.2 Å². The van der Waals surface area contributed by atoms with Gasteiger partial charge in [0.05, 0.1) is 17.6 Å². The largest absolute Gasteiger partial charge is 0.480 e. The molecule has 14 nitrogen and oxygen atoms in total. The molecular formula is C44H49N2O12P. The summed E-state index contributed by atoms with van der Waals surface area (Å²) in [6.07, 6.45) is -4.60. The summed E-state index contributed by atoms with van der Waals surface area (Å²) in [5.41, 5.74) is 4.98. The quantitative estimate of drug-likeness (QED) is 0.0611. The lowest BCUT2D eigenvalue weighted by atomic mass is 9.87. The smallest absolute Gasteiger partial charge is 0.407 e. The number of alkyl carbamates (subject to hydrolysis) is 2. The molecule has 6 atom stereocenters. The Morgan fingerprint density at radius 1 is 0.814 bits per heavy atom. The van der Waals surface area contributed by atoms with Gasteiger partial charge >= 0.3 is 31.7 Å². The number of carboxylic acid groups (broad SMARTS) is 1. The number of rotatable bonds is 15. The fourth-order valence-corrected chi connectivity index (χ4v) is 8.44. The van der Waals surface area contributed by atoms with Crippen LogP contribution in [-0.4, -0.2) is 79.5 Å². The number of fused-ring (bicyclic) bond motifs is 3. The van der Waals surface area contributed by atoms with E-state index in [2.05, 4.69) is 34.9 Å². The molecule has 2 aliphatic rings. The number of carboxylic acids is 1. The van der Waals surface area contributed by atoms with Gasteiger partial charge in [-0.2, -0.15) is 0 Å². The average Bonchev–Trinajstić information content (AvgIpc) is 3.68. The Morgan fingerprint density at radius 2 is 1.42 bits per heavy atom. The number of aliphatic carboxylic acids is 1. The molecule has 4 unspecified atom stereocenters. The number of ether oxygens (including phenoxy) is 4. The van der Waals surface area contributed by atoms with Crippen molar-refractivity contribution in [2.75, 3.05) is 19.8 Å². The number of hydrogen-bond donors (Lipinski definition) is 3. The molecule has 59 heavy (non-hydrogen) atoms. The number of amides is 2. The Kier molecular flexibility index (Phi) is 13.4. The first-order chi connectivity index (χ1) is 28.1. The van der Waals surface area contributed by atoms with Crippen LogP contribution in [0.2, 0.25) is 0 Å². The van der Waals surface area contributed by atoms with Crippen LogP contribution in [0.3, 0.4) is 0 Å². The van der Waals surface area contributed by atoms with Crippen molar-refractivity contribution in [3.05, 3.63) is 125 Å². The third-order valence-corrected chi connectivity index (χ3v) is 11.1. The number of nitrogens with one attached hydrogen (secondary N) is 2. The molecule has 15 heteroatoms. The summed E-state index contributed by atoms with van der Waals surface area (Å²) in [5.74, 6) is -1.79. The predicted octanol–water partition coefficient (Wildman–Crippen LogP) is 7.48. The highest BCUT2D eigenvalue weighted by Gasteiger charge is 2.49. The van der Waals surface area contributed by atoms with Gasteiger partial charge in [0.1, 0.15) is 43.8 Å². The van der Waals surface area contributed by atoms with Gasteiger partial charge in [-0.25, -0.2) is 14.2 Å². The molecule has 0 saturated carbocycles. The van der Waals surface area contributed by atoms with Crippen LogP contribution in [0.25, 0.3) is 11.1 Å². The molecule has 1 saturated heterocycles. The molecule has 3 N–H and O–H groups in total. The average molecular weight is 829 g/mol. The van der Waals surface area contributed by atoms with Crippen molar-refractivity contribution in [3.8, 4) is 16.9 Å². The molecule has 1 aliphatic carbocycles. The SMILES string of the molecule is C[C@@H]1O[C@H](COC(=O)C(C)(C)C)C(OP(C)(=O)Oc2ccc(COC(=O)NCC(=O)O)cc2)C1NC(=O)OC(Cc1ccccc1)C1c2ccccc2-c2ccccc21. The van der Waals surface area contributed by atoms with Gasteiger partial charge < -0.3 is 39.2 Å². The molecular weight excluding hydrogens is 779 g/mol. The second-order valence-electron chi connectivity index (χ2n) is 15.6. The van der Waals surface area contributed by atoms with E-state index in [4.69, 9.17) is 33.1 Å². The van der Waals surface area contributed by atoms with Gasteiger partial charge in [-0.1, -0.05) is 91.0 Å². The minimum atomic E-state index is -3.98. The first kappa shape index (κ1) is 42.9. The van der Waals surface area contributed by atoms with Crippen molar-refractivity contribution in [1.82, 2.24) is 10.6 Å². The first-order valence-corrected chi connectivity index (χ1v) is 21.3. The van der Waals surface area contributed by atoms with E-state index in [1.54, 1.807) is 39.8 Å². The molecule has 0 radical (unpaired) electrons. The molecule has 0 bridgehead atoms. The van der Waals surface area contributed by atoms with Crippen molar-refractivity contribution < 1.29 is 56.8 Å². The summed E-state index contributed by atoms with van der Waals surface area (Å²) in [7, 11) is -3.98. The predicted molar refractivity (Wildman–Crippen MR) is 217 cm³/mol. The highest BCUT2D eigenvalue weighted by Crippen LogP contribution is 2.49. The normalized spacial score (nSPS) is 19.9. The van der Waals surface area contributed by atoms with Gasteiger partial charge in [0.15, 0.2) is 0 Å². The Balaban J connectivity index is 1.20. The molecule has 2 amide bonds. The van der Waals surface area contributed by atoms with E-state index >= 15 is 0 Å². The second-order valence-corrected chi connectivity index (χ2v) is 17.5. The zero-order chi connectivity index (χ0) is 42.3. The van der Waals surface area contributed by atoms with E-state index in [-0.39, 0.29) is 24.9 Å². The summed E-state index contributed by atoms with van der Waals surface area (Å²) in [6.45, 7) is 7.16. The maximum absolute atomic E-state index is 14.1. The molecule has 1 aliphatic heterocycles.